The van der Waals surface area contributed by atoms with Gasteiger partial charge in [-0.2, -0.15) is 5.10 Å². The number of hydrogen-bond acceptors (Lipinski definition) is 3. The van der Waals surface area contributed by atoms with E-state index in [1.54, 1.807) is 13.2 Å². The highest BCUT2D eigenvalue weighted by Crippen LogP contribution is 2.20. The summed E-state index contributed by atoms with van der Waals surface area (Å²) in [5.74, 6) is 1.57. The van der Waals surface area contributed by atoms with Crippen LogP contribution in [0.15, 0.2) is 17.3 Å². The van der Waals surface area contributed by atoms with E-state index in [0.717, 1.165) is 44.1 Å². The van der Waals surface area contributed by atoms with E-state index in [9.17, 15) is 4.79 Å². The van der Waals surface area contributed by atoms with Crippen LogP contribution in [0.1, 0.15) is 31.9 Å². The first-order valence-electron chi connectivity index (χ1n) is 8.34. The third-order valence-electron chi connectivity index (χ3n) is 4.32. The van der Waals surface area contributed by atoms with Gasteiger partial charge in [0.2, 0.25) is 5.91 Å². The molecule has 1 aromatic heterocycles. The molecule has 1 aromatic rings. The van der Waals surface area contributed by atoms with Crippen LogP contribution in [0.3, 0.4) is 0 Å². The van der Waals surface area contributed by atoms with Crippen LogP contribution < -0.4 is 10.6 Å². The normalized spacial score (nSPS) is 15.8. The molecule has 0 saturated carbocycles. The molecule has 0 aromatic carbocycles. The molecule has 1 amide bonds. The lowest BCUT2D eigenvalue weighted by molar-refractivity contribution is -0.121. The Hall–Kier alpha value is -1.32. The zero-order chi connectivity index (χ0) is 16.7. The first kappa shape index (κ1) is 20.7. The summed E-state index contributed by atoms with van der Waals surface area (Å²) in [6.45, 7) is 5.44. The highest BCUT2D eigenvalue weighted by molar-refractivity contribution is 14.0. The highest BCUT2D eigenvalue weighted by Gasteiger charge is 2.23. The number of piperidine rings is 1. The Balaban J connectivity index is 0.00000288. The van der Waals surface area contributed by atoms with Gasteiger partial charge in [-0.1, -0.05) is 0 Å². The predicted molar refractivity (Wildman–Crippen MR) is 106 cm³/mol. The summed E-state index contributed by atoms with van der Waals surface area (Å²) in [5.41, 5.74) is 1.09. The van der Waals surface area contributed by atoms with Gasteiger partial charge in [0.15, 0.2) is 5.96 Å². The first-order chi connectivity index (χ1) is 11.1. The van der Waals surface area contributed by atoms with Gasteiger partial charge in [-0.3, -0.25) is 9.48 Å². The summed E-state index contributed by atoms with van der Waals surface area (Å²) in [6.07, 6.45) is 4.49. The van der Waals surface area contributed by atoms with Gasteiger partial charge >= 0.3 is 0 Å². The summed E-state index contributed by atoms with van der Waals surface area (Å²) >= 11 is 0. The van der Waals surface area contributed by atoms with Crippen molar-refractivity contribution >= 4 is 35.8 Å². The van der Waals surface area contributed by atoms with Crippen LogP contribution in [0.25, 0.3) is 0 Å². The first-order valence-corrected chi connectivity index (χ1v) is 8.34. The van der Waals surface area contributed by atoms with E-state index in [4.69, 9.17) is 4.99 Å². The molecular formula is C16H29IN6O. The van der Waals surface area contributed by atoms with Crippen molar-refractivity contribution in [3.05, 3.63) is 18.0 Å². The minimum absolute atomic E-state index is 0. The van der Waals surface area contributed by atoms with Crippen LogP contribution >= 0.6 is 24.0 Å². The van der Waals surface area contributed by atoms with E-state index in [-0.39, 0.29) is 29.9 Å². The Morgan fingerprint density at radius 1 is 1.42 bits per heavy atom. The molecule has 0 atom stereocenters. The van der Waals surface area contributed by atoms with Gasteiger partial charge in [0.05, 0.1) is 12.2 Å². The maximum absolute atomic E-state index is 11.5. The van der Waals surface area contributed by atoms with Crippen molar-refractivity contribution in [3.8, 4) is 0 Å². The lowest BCUT2D eigenvalue weighted by atomic mass is 9.93. The molecule has 0 radical (unpaired) electrons. The van der Waals surface area contributed by atoms with E-state index in [1.807, 2.05) is 17.8 Å². The second kappa shape index (κ2) is 10.5. The standard InChI is InChI=1S/C16H28N6O.HI/c1-4-18-16(19-12-14-5-8-20-21(14)3)22-9-6-13(7-10-22)11-15(23)17-2;/h5,8,13H,4,6-7,9-12H2,1-3H3,(H,17,23)(H,18,19);1H. The number of hydrogen-bond donors (Lipinski definition) is 2. The Kier molecular flexibility index (Phi) is 9.09. The van der Waals surface area contributed by atoms with Crippen LogP contribution in [0.5, 0.6) is 0 Å². The van der Waals surface area contributed by atoms with Crippen molar-refractivity contribution in [3.63, 3.8) is 0 Å². The molecule has 136 valence electrons. The minimum atomic E-state index is 0. The highest BCUT2D eigenvalue weighted by atomic mass is 127. The zero-order valence-corrected chi connectivity index (χ0v) is 17.1. The fraction of sp³-hybridized carbons (Fsp3) is 0.688. The number of amides is 1. The van der Waals surface area contributed by atoms with E-state index >= 15 is 0 Å². The monoisotopic (exact) mass is 448 g/mol. The summed E-state index contributed by atoms with van der Waals surface area (Å²) < 4.78 is 1.85. The fourth-order valence-corrected chi connectivity index (χ4v) is 2.85. The maximum Gasteiger partial charge on any atom is 0.220 e. The van der Waals surface area contributed by atoms with Crippen LogP contribution in [0.4, 0.5) is 0 Å². The largest absolute Gasteiger partial charge is 0.359 e. The Morgan fingerprint density at radius 2 is 2.12 bits per heavy atom. The molecule has 1 aliphatic rings. The number of aliphatic imine (C=N–C) groups is 1. The lowest BCUT2D eigenvalue weighted by Crippen LogP contribution is -2.46. The molecule has 2 heterocycles. The number of halogens is 1. The Morgan fingerprint density at radius 3 is 2.67 bits per heavy atom. The van der Waals surface area contributed by atoms with Gasteiger partial charge < -0.3 is 15.5 Å². The van der Waals surface area contributed by atoms with Gasteiger partial charge in [-0.25, -0.2) is 4.99 Å². The van der Waals surface area contributed by atoms with Crippen molar-refractivity contribution in [1.82, 2.24) is 25.3 Å². The van der Waals surface area contributed by atoms with Crippen molar-refractivity contribution in [1.29, 1.82) is 0 Å². The molecule has 1 aliphatic heterocycles. The lowest BCUT2D eigenvalue weighted by Gasteiger charge is -2.34. The van der Waals surface area contributed by atoms with Gasteiger partial charge in [0, 0.05) is 46.3 Å². The molecule has 0 unspecified atom stereocenters. The molecule has 1 fully saturated rings. The number of rotatable bonds is 5. The summed E-state index contributed by atoms with van der Waals surface area (Å²) in [7, 11) is 3.63. The number of aryl methyl sites for hydroxylation is 1. The van der Waals surface area contributed by atoms with Crippen molar-refractivity contribution in [2.75, 3.05) is 26.7 Å². The molecule has 0 aliphatic carbocycles. The third kappa shape index (κ3) is 5.95. The molecule has 2 rings (SSSR count). The third-order valence-corrected chi connectivity index (χ3v) is 4.32. The molecule has 24 heavy (non-hydrogen) atoms. The Bertz CT molecular complexity index is 536. The smallest absolute Gasteiger partial charge is 0.220 e. The van der Waals surface area contributed by atoms with E-state index in [2.05, 4.69) is 27.6 Å². The quantitative estimate of drug-likeness (QED) is 0.405. The molecular weight excluding hydrogens is 419 g/mol. The second-order valence-electron chi connectivity index (χ2n) is 5.92. The van der Waals surface area contributed by atoms with Crippen molar-refractivity contribution in [2.45, 2.75) is 32.7 Å². The number of carbonyl (C=O) groups excluding carboxylic acids is 1. The maximum atomic E-state index is 11.5. The predicted octanol–water partition coefficient (Wildman–Crippen LogP) is 1.35. The van der Waals surface area contributed by atoms with Crippen molar-refractivity contribution < 1.29 is 4.79 Å². The van der Waals surface area contributed by atoms with Crippen LogP contribution in [0.2, 0.25) is 0 Å². The average molecular weight is 448 g/mol. The summed E-state index contributed by atoms with van der Waals surface area (Å²) in [6, 6.07) is 1.99. The van der Waals surface area contributed by atoms with Gasteiger partial charge in [-0.15, -0.1) is 24.0 Å². The molecule has 2 N–H and O–H groups in total. The number of likely N-dealkylation sites (tertiary alicyclic amines) is 1. The number of nitrogens with one attached hydrogen (secondary N) is 2. The number of carbonyl (C=O) groups is 1. The number of aromatic nitrogens is 2. The van der Waals surface area contributed by atoms with E-state index in [0.29, 0.717) is 18.9 Å². The fourth-order valence-electron chi connectivity index (χ4n) is 2.85. The van der Waals surface area contributed by atoms with Crippen LogP contribution in [-0.4, -0.2) is 53.2 Å². The SMILES string of the molecule is CCNC(=NCc1ccnn1C)N1CCC(CC(=O)NC)CC1.I. The summed E-state index contributed by atoms with van der Waals surface area (Å²) in [5, 5.41) is 10.3. The van der Waals surface area contributed by atoms with Crippen LogP contribution in [0, 0.1) is 5.92 Å². The minimum Gasteiger partial charge on any atom is -0.359 e. The van der Waals surface area contributed by atoms with E-state index < -0.39 is 0 Å². The van der Waals surface area contributed by atoms with Crippen LogP contribution in [-0.2, 0) is 18.4 Å². The molecule has 7 nitrogen and oxygen atoms in total. The number of guanidine groups is 1. The molecule has 1 saturated heterocycles. The molecule has 0 bridgehead atoms. The molecule has 0 spiro atoms. The van der Waals surface area contributed by atoms with Gasteiger partial charge in [0.1, 0.15) is 0 Å². The summed E-state index contributed by atoms with van der Waals surface area (Å²) in [4.78, 5) is 18.5. The second-order valence-corrected chi connectivity index (χ2v) is 5.92. The zero-order valence-electron chi connectivity index (χ0n) is 14.8. The van der Waals surface area contributed by atoms with Gasteiger partial charge in [-0.05, 0) is 31.7 Å². The molecule has 8 heteroatoms. The number of nitrogens with zero attached hydrogens (tertiary/aromatic N) is 4. The van der Waals surface area contributed by atoms with Crippen molar-refractivity contribution in [2.24, 2.45) is 18.0 Å². The van der Waals surface area contributed by atoms with Gasteiger partial charge in [0.25, 0.3) is 0 Å². The average Bonchev–Trinajstić information content (AvgIpc) is 2.97. The topological polar surface area (TPSA) is 74.5 Å². The Labute approximate surface area is 161 Å². The van der Waals surface area contributed by atoms with E-state index in [1.165, 1.54) is 0 Å².